The molecule has 2 fully saturated rings. The van der Waals surface area contributed by atoms with Crippen molar-refractivity contribution in [1.29, 1.82) is 0 Å². The maximum atomic E-state index is 14.0. The summed E-state index contributed by atoms with van der Waals surface area (Å²) in [5.74, 6) is 0.592. The van der Waals surface area contributed by atoms with Crippen LogP contribution in [0.25, 0.3) is 0 Å². The van der Waals surface area contributed by atoms with Gasteiger partial charge in [-0.15, -0.1) is 11.3 Å². The molecule has 1 amide bonds. The molecule has 3 nitrogen and oxygen atoms in total. The number of benzene rings is 1. The summed E-state index contributed by atoms with van der Waals surface area (Å²) < 4.78 is 14.0. The number of amides is 1. The summed E-state index contributed by atoms with van der Waals surface area (Å²) in [5.41, 5.74) is 0.678. The highest BCUT2D eigenvalue weighted by atomic mass is 32.1. The zero-order valence-electron chi connectivity index (χ0n) is 15.7. The largest absolute Gasteiger partial charge is 0.354 e. The van der Waals surface area contributed by atoms with Gasteiger partial charge in [0.15, 0.2) is 0 Å². The lowest BCUT2D eigenvalue weighted by molar-refractivity contribution is -0.122. The molecule has 5 heteroatoms. The number of likely N-dealkylation sites (tertiary alicyclic amines) is 1. The van der Waals surface area contributed by atoms with Crippen LogP contribution in [-0.2, 0) is 4.79 Å². The van der Waals surface area contributed by atoms with E-state index in [1.165, 1.54) is 23.8 Å². The summed E-state index contributed by atoms with van der Waals surface area (Å²) in [5, 5.41) is 5.27. The average molecular weight is 387 g/mol. The lowest BCUT2D eigenvalue weighted by Crippen LogP contribution is -2.42. The molecule has 2 heterocycles. The van der Waals surface area contributed by atoms with Gasteiger partial charge in [-0.05, 0) is 67.3 Å². The van der Waals surface area contributed by atoms with Crippen LogP contribution in [0.2, 0.25) is 0 Å². The molecule has 1 aromatic carbocycles. The van der Waals surface area contributed by atoms with E-state index in [1.54, 1.807) is 23.5 Å². The van der Waals surface area contributed by atoms with E-state index in [-0.39, 0.29) is 29.6 Å². The fraction of sp³-hybridized carbons (Fsp3) is 0.500. The summed E-state index contributed by atoms with van der Waals surface area (Å²) in [7, 11) is 0. The Kier molecular flexibility index (Phi) is 5.60. The van der Waals surface area contributed by atoms with Crippen LogP contribution >= 0.6 is 11.3 Å². The molecule has 0 bridgehead atoms. The van der Waals surface area contributed by atoms with Gasteiger partial charge in [-0.3, -0.25) is 9.69 Å². The minimum absolute atomic E-state index is 0.0298. The van der Waals surface area contributed by atoms with Crippen molar-refractivity contribution in [3.05, 3.63) is 58.0 Å². The van der Waals surface area contributed by atoms with E-state index in [1.807, 2.05) is 6.07 Å². The normalized spacial score (nSPS) is 24.5. The van der Waals surface area contributed by atoms with Crippen molar-refractivity contribution in [2.45, 2.75) is 38.1 Å². The highest BCUT2D eigenvalue weighted by Crippen LogP contribution is 2.48. The first-order chi connectivity index (χ1) is 13.1. The van der Waals surface area contributed by atoms with Crippen molar-refractivity contribution in [2.75, 3.05) is 19.6 Å². The van der Waals surface area contributed by atoms with Gasteiger partial charge in [-0.25, -0.2) is 4.39 Å². The number of piperidine rings is 1. The van der Waals surface area contributed by atoms with E-state index in [9.17, 15) is 9.18 Å². The molecule has 1 aliphatic carbocycles. The highest BCUT2D eigenvalue weighted by Gasteiger charge is 2.45. The van der Waals surface area contributed by atoms with Gasteiger partial charge in [0.05, 0.1) is 6.04 Å². The molecule has 0 radical (unpaired) electrons. The second kappa shape index (κ2) is 8.11. The molecular weight excluding hydrogens is 359 g/mol. The molecule has 3 atom stereocenters. The summed E-state index contributed by atoms with van der Waals surface area (Å²) in [6.07, 6.45) is 3.18. The molecule has 27 heavy (non-hydrogen) atoms. The van der Waals surface area contributed by atoms with Crippen LogP contribution in [0.5, 0.6) is 0 Å². The van der Waals surface area contributed by atoms with Crippen LogP contribution in [0.15, 0.2) is 41.8 Å². The van der Waals surface area contributed by atoms with Crippen molar-refractivity contribution in [3.63, 3.8) is 0 Å². The smallest absolute Gasteiger partial charge is 0.223 e. The van der Waals surface area contributed by atoms with Crippen molar-refractivity contribution < 1.29 is 9.18 Å². The fourth-order valence-corrected chi connectivity index (χ4v) is 5.02. The molecule has 1 aliphatic heterocycles. The molecule has 2 aromatic rings. The van der Waals surface area contributed by atoms with E-state index in [0.29, 0.717) is 12.1 Å². The maximum absolute atomic E-state index is 14.0. The third-order valence-electron chi connectivity index (χ3n) is 6.03. The Morgan fingerprint density at radius 2 is 2.04 bits per heavy atom. The monoisotopic (exact) mass is 386 g/mol. The summed E-state index contributed by atoms with van der Waals surface area (Å²) in [6.45, 7) is 5.12. The molecule has 1 saturated heterocycles. The number of rotatable bonds is 6. The Morgan fingerprint density at radius 1 is 1.26 bits per heavy atom. The topological polar surface area (TPSA) is 32.3 Å². The summed E-state index contributed by atoms with van der Waals surface area (Å²) >= 11 is 1.76. The first kappa shape index (κ1) is 18.6. The zero-order chi connectivity index (χ0) is 18.8. The van der Waals surface area contributed by atoms with Gasteiger partial charge < -0.3 is 5.32 Å². The first-order valence-corrected chi connectivity index (χ1v) is 10.8. The number of nitrogens with one attached hydrogen (secondary N) is 1. The van der Waals surface area contributed by atoms with E-state index in [2.05, 4.69) is 34.7 Å². The summed E-state index contributed by atoms with van der Waals surface area (Å²) in [4.78, 5) is 16.5. The number of thiophene rings is 1. The van der Waals surface area contributed by atoms with Crippen LogP contribution in [0, 0.1) is 17.7 Å². The molecular formula is C22H27FN2OS. The Balaban J connectivity index is 1.37. The van der Waals surface area contributed by atoms with E-state index in [4.69, 9.17) is 0 Å². The standard InChI is InChI=1S/C22H27FN2OS/c1-15-8-10-25(11-9-15)20(21-7-4-12-27-21)14-24-22(26)18-13-17(18)16-5-2-3-6-19(16)23/h2-7,12,15,17-18,20H,8-11,13-14H2,1H3,(H,24,26). The number of nitrogens with zero attached hydrogens (tertiary/aromatic N) is 1. The van der Waals surface area contributed by atoms with E-state index < -0.39 is 0 Å². The second-order valence-electron chi connectivity index (χ2n) is 7.97. The summed E-state index contributed by atoms with van der Waals surface area (Å²) in [6, 6.07) is 11.3. The van der Waals surface area contributed by atoms with Crippen LogP contribution < -0.4 is 5.32 Å². The van der Waals surface area contributed by atoms with Crippen LogP contribution in [0.1, 0.15) is 48.6 Å². The van der Waals surface area contributed by atoms with Crippen LogP contribution in [0.3, 0.4) is 0 Å². The van der Waals surface area contributed by atoms with Gasteiger partial charge in [0, 0.05) is 17.3 Å². The van der Waals surface area contributed by atoms with Crippen LogP contribution in [0.4, 0.5) is 4.39 Å². The Labute approximate surface area is 164 Å². The number of hydrogen-bond donors (Lipinski definition) is 1. The van der Waals surface area contributed by atoms with Crippen molar-refractivity contribution in [1.82, 2.24) is 10.2 Å². The third kappa shape index (κ3) is 4.25. The van der Waals surface area contributed by atoms with Gasteiger partial charge in [-0.1, -0.05) is 31.2 Å². The van der Waals surface area contributed by atoms with E-state index in [0.717, 1.165) is 25.4 Å². The molecule has 1 aromatic heterocycles. The Morgan fingerprint density at radius 3 is 2.74 bits per heavy atom. The highest BCUT2D eigenvalue weighted by molar-refractivity contribution is 7.10. The van der Waals surface area contributed by atoms with Gasteiger partial charge in [0.2, 0.25) is 5.91 Å². The lowest BCUT2D eigenvalue weighted by atomic mass is 9.97. The fourth-order valence-electron chi connectivity index (χ4n) is 4.16. The minimum atomic E-state index is -0.198. The Hall–Kier alpha value is -1.72. The molecule has 1 saturated carbocycles. The number of carbonyl (C=O) groups is 1. The van der Waals surface area contributed by atoms with Gasteiger partial charge in [0.25, 0.3) is 0 Å². The third-order valence-corrected chi connectivity index (χ3v) is 7.01. The Bertz CT molecular complexity index is 770. The van der Waals surface area contributed by atoms with Crippen molar-refractivity contribution >= 4 is 17.2 Å². The van der Waals surface area contributed by atoms with Crippen molar-refractivity contribution in [3.8, 4) is 0 Å². The molecule has 3 unspecified atom stereocenters. The quantitative estimate of drug-likeness (QED) is 0.788. The maximum Gasteiger partial charge on any atom is 0.223 e. The number of carbonyl (C=O) groups excluding carboxylic acids is 1. The number of hydrogen-bond acceptors (Lipinski definition) is 3. The minimum Gasteiger partial charge on any atom is -0.354 e. The van der Waals surface area contributed by atoms with Crippen LogP contribution in [-0.4, -0.2) is 30.4 Å². The van der Waals surface area contributed by atoms with Gasteiger partial charge >= 0.3 is 0 Å². The zero-order valence-corrected chi connectivity index (χ0v) is 16.6. The first-order valence-electron chi connectivity index (χ1n) is 9.93. The molecule has 2 aliphatic rings. The molecule has 144 valence electrons. The molecule has 0 spiro atoms. The predicted octanol–water partition coefficient (Wildman–Crippen LogP) is 4.58. The molecule has 4 rings (SSSR count). The van der Waals surface area contributed by atoms with Gasteiger partial charge in [-0.2, -0.15) is 0 Å². The predicted molar refractivity (Wildman–Crippen MR) is 107 cm³/mol. The SMILES string of the molecule is CC1CCN(C(CNC(=O)C2CC2c2ccccc2F)c2cccs2)CC1. The van der Waals surface area contributed by atoms with Crippen molar-refractivity contribution in [2.24, 2.45) is 11.8 Å². The van der Waals surface area contributed by atoms with Gasteiger partial charge in [0.1, 0.15) is 5.82 Å². The molecule has 1 N–H and O–H groups in total. The second-order valence-corrected chi connectivity index (χ2v) is 8.94. The number of halogens is 1. The van der Waals surface area contributed by atoms with E-state index >= 15 is 0 Å². The lowest BCUT2D eigenvalue weighted by Gasteiger charge is -2.36. The average Bonchev–Trinajstić information content (AvgIpc) is 3.29.